The highest BCUT2D eigenvalue weighted by Gasteiger charge is 2.41. The first-order chi connectivity index (χ1) is 20.6. The van der Waals surface area contributed by atoms with Crippen LogP contribution < -0.4 is 4.74 Å². The molecule has 0 radical (unpaired) electrons. The van der Waals surface area contributed by atoms with Crippen LogP contribution in [0.1, 0.15) is 66.5 Å². The maximum atomic E-state index is 13.3. The van der Waals surface area contributed by atoms with Crippen molar-refractivity contribution in [3.8, 4) is 5.75 Å². The third kappa shape index (κ3) is 5.16. The highest BCUT2D eigenvalue weighted by Crippen LogP contribution is 2.44. The molecule has 1 aliphatic heterocycles. The summed E-state index contributed by atoms with van der Waals surface area (Å²) in [6.07, 6.45) is 2.85. The third-order valence-electron chi connectivity index (χ3n) is 9.15. The third-order valence-corrected chi connectivity index (χ3v) is 9.15. The van der Waals surface area contributed by atoms with Crippen LogP contribution in [-0.4, -0.2) is 55.8 Å². The summed E-state index contributed by atoms with van der Waals surface area (Å²) in [5.41, 5.74) is 8.70. The van der Waals surface area contributed by atoms with Gasteiger partial charge in [0, 0.05) is 49.6 Å². The lowest BCUT2D eigenvalue weighted by molar-refractivity contribution is -0.151. The number of esters is 1. The number of aromatic nitrogens is 5. The summed E-state index contributed by atoms with van der Waals surface area (Å²) >= 11 is 0. The van der Waals surface area contributed by atoms with Crippen molar-refractivity contribution >= 4 is 27.9 Å². The molecule has 0 aliphatic carbocycles. The Bertz CT molecular complexity index is 1820. The van der Waals surface area contributed by atoms with Gasteiger partial charge >= 0.3 is 5.97 Å². The van der Waals surface area contributed by atoms with Gasteiger partial charge in [0.25, 0.3) is 0 Å². The van der Waals surface area contributed by atoms with Crippen molar-refractivity contribution in [2.45, 2.75) is 66.2 Å². The Morgan fingerprint density at radius 3 is 2.77 bits per heavy atom. The summed E-state index contributed by atoms with van der Waals surface area (Å²) in [5, 5.41) is 17.0. The summed E-state index contributed by atoms with van der Waals surface area (Å²) in [6.45, 7) is 12.7. The van der Waals surface area contributed by atoms with Crippen LogP contribution in [-0.2, 0) is 29.7 Å². The summed E-state index contributed by atoms with van der Waals surface area (Å²) in [6, 6.07) is 15.0. The molecule has 0 amide bonds. The van der Waals surface area contributed by atoms with Gasteiger partial charge in [-0.15, -0.1) is 5.10 Å². The standard InChI is InChI=1S/C34H40N6O3/c1-8-26-19-40(18-25-14-23-16-35-36-28(23)15-30(25)43-26)17-24-13-22(10-9-20(24)2)31(34(4,5)33(41)42-7)27-11-12-29-32(21(27)3)37-38-39(29)6/h9-16,26,31H,8,17-19H2,1-7H3,(H,35,36)/t26-,31?/m1/s1. The van der Waals surface area contributed by atoms with Crippen molar-refractivity contribution in [2.75, 3.05) is 13.7 Å². The SMILES string of the molecule is CC[C@@H]1CN(Cc2cc(C(c3ccc4c(nnn4C)c3C)C(C)(C)C(=O)OC)ccc2C)Cc2cc3cn[nH]c3cc2O1. The molecule has 9 heteroatoms. The van der Waals surface area contributed by atoms with Gasteiger partial charge in [-0.1, -0.05) is 36.4 Å². The van der Waals surface area contributed by atoms with Crippen LogP contribution in [0.4, 0.5) is 0 Å². The number of aromatic amines is 1. The van der Waals surface area contributed by atoms with Crippen molar-refractivity contribution in [1.29, 1.82) is 0 Å². The Morgan fingerprint density at radius 1 is 1.19 bits per heavy atom. The number of aryl methyl sites for hydroxylation is 3. The molecule has 0 spiro atoms. The van der Waals surface area contributed by atoms with E-state index in [9.17, 15) is 4.79 Å². The van der Waals surface area contributed by atoms with Crippen molar-refractivity contribution in [2.24, 2.45) is 12.5 Å². The van der Waals surface area contributed by atoms with Gasteiger partial charge in [0.1, 0.15) is 17.4 Å². The number of nitrogens with one attached hydrogen (secondary N) is 1. The van der Waals surface area contributed by atoms with E-state index in [4.69, 9.17) is 9.47 Å². The van der Waals surface area contributed by atoms with Gasteiger partial charge in [-0.3, -0.25) is 14.8 Å². The molecule has 2 aromatic heterocycles. The minimum atomic E-state index is -0.833. The number of nitrogens with zero attached hydrogens (tertiary/aromatic N) is 5. The molecule has 0 saturated carbocycles. The average Bonchev–Trinajstić information content (AvgIpc) is 3.56. The molecule has 224 valence electrons. The molecule has 5 aromatic rings. The summed E-state index contributed by atoms with van der Waals surface area (Å²) in [4.78, 5) is 15.8. The van der Waals surface area contributed by atoms with Crippen LogP contribution in [0.3, 0.4) is 0 Å². The minimum Gasteiger partial charge on any atom is -0.489 e. The Hall–Kier alpha value is -4.24. The van der Waals surface area contributed by atoms with E-state index < -0.39 is 5.41 Å². The molecule has 0 fully saturated rings. The number of fused-ring (bicyclic) bond motifs is 3. The van der Waals surface area contributed by atoms with Crippen LogP contribution in [0, 0.1) is 19.3 Å². The van der Waals surface area contributed by atoms with E-state index in [1.54, 1.807) is 4.68 Å². The monoisotopic (exact) mass is 580 g/mol. The zero-order valence-electron chi connectivity index (χ0n) is 26.1. The maximum absolute atomic E-state index is 13.3. The molecule has 1 aliphatic rings. The van der Waals surface area contributed by atoms with Crippen LogP contribution in [0.5, 0.6) is 5.75 Å². The number of H-pyrrole nitrogens is 1. The Balaban J connectivity index is 1.40. The predicted octanol–water partition coefficient (Wildman–Crippen LogP) is 5.97. The minimum absolute atomic E-state index is 0.0810. The lowest BCUT2D eigenvalue weighted by atomic mass is 9.69. The number of hydrogen-bond donors (Lipinski definition) is 1. The molecule has 1 unspecified atom stereocenters. The molecule has 1 N–H and O–H groups in total. The van der Waals surface area contributed by atoms with Crippen molar-refractivity contribution in [3.63, 3.8) is 0 Å². The van der Waals surface area contributed by atoms with Crippen LogP contribution in [0.25, 0.3) is 21.9 Å². The van der Waals surface area contributed by atoms with E-state index >= 15 is 0 Å². The lowest BCUT2D eigenvalue weighted by Crippen LogP contribution is -2.34. The molecule has 3 heterocycles. The molecule has 43 heavy (non-hydrogen) atoms. The largest absolute Gasteiger partial charge is 0.489 e. The number of ether oxygens (including phenoxy) is 2. The molecule has 0 saturated heterocycles. The van der Waals surface area contributed by atoms with E-state index in [1.807, 2.05) is 33.2 Å². The van der Waals surface area contributed by atoms with E-state index in [1.165, 1.54) is 18.2 Å². The Kier molecular flexibility index (Phi) is 7.46. The van der Waals surface area contributed by atoms with Crippen molar-refractivity contribution < 1.29 is 14.3 Å². The van der Waals surface area contributed by atoms with Gasteiger partial charge < -0.3 is 9.47 Å². The van der Waals surface area contributed by atoms with E-state index in [2.05, 4.69) is 82.6 Å². The number of hydrogen-bond acceptors (Lipinski definition) is 7. The summed E-state index contributed by atoms with van der Waals surface area (Å²) < 4.78 is 13.6. The fourth-order valence-electron chi connectivity index (χ4n) is 6.60. The first-order valence-corrected chi connectivity index (χ1v) is 14.9. The topological polar surface area (TPSA) is 98.2 Å². The Labute approximate surface area is 252 Å². The van der Waals surface area contributed by atoms with Crippen molar-refractivity contribution in [3.05, 3.63) is 82.0 Å². The number of methoxy groups -OCH3 is 1. The predicted molar refractivity (Wildman–Crippen MR) is 167 cm³/mol. The smallest absolute Gasteiger partial charge is 0.312 e. The molecule has 9 nitrogen and oxygen atoms in total. The highest BCUT2D eigenvalue weighted by atomic mass is 16.5. The van der Waals surface area contributed by atoms with Gasteiger partial charge in [0.05, 0.1) is 29.8 Å². The zero-order valence-corrected chi connectivity index (χ0v) is 26.1. The lowest BCUT2D eigenvalue weighted by Gasteiger charge is -2.34. The van der Waals surface area contributed by atoms with Crippen LogP contribution in [0.15, 0.2) is 48.7 Å². The fraction of sp³-hybridized carbons (Fsp3) is 0.412. The molecule has 0 bridgehead atoms. The molecule has 6 rings (SSSR count). The number of carbonyl (C=O) groups excluding carboxylic acids is 1. The molecule has 3 aromatic carbocycles. The second kappa shape index (κ2) is 11.1. The van der Waals surface area contributed by atoms with E-state index in [0.29, 0.717) is 0 Å². The first kappa shape index (κ1) is 28.9. The van der Waals surface area contributed by atoms with Crippen LogP contribution in [0.2, 0.25) is 0 Å². The summed E-state index contributed by atoms with van der Waals surface area (Å²) in [7, 11) is 3.35. The second-order valence-electron chi connectivity index (χ2n) is 12.4. The van der Waals surface area contributed by atoms with Gasteiger partial charge in [0.2, 0.25) is 0 Å². The van der Waals surface area contributed by atoms with Gasteiger partial charge in [0.15, 0.2) is 0 Å². The molecule has 2 atom stereocenters. The van der Waals surface area contributed by atoms with Gasteiger partial charge in [-0.25, -0.2) is 4.68 Å². The molecular formula is C34H40N6O3. The highest BCUT2D eigenvalue weighted by molar-refractivity contribution is 5.83. The second-order valence-corrected chi connectivity index (χ2v) is 12.4. The van der Waals surface area contributed by atoms with E-state index in [0.717, 1.165) is 76.0 Å². The van der Waals surface area contributed by atoms with Gasteiger partial charge in [-0.05, 0) is 74.1 Å². The number of rotatable bonds is 7. The summed E-state index contributed by atoms with van der Waals surface area (Å²) in [5.74, 6) is 0.416. The Morgan fingerprint density at radius 2 is 2.00 bits per heavy atom. The van der Waals surface area contributed by atoms with Gasteiger partial charge in [-0.2, -0.15) is 5.10 Å². The maximum Gasteiger partial charge on any atom is 0.312 e. The molecular weight excluding hydrogens is 540 g/mol. The quantitative estimate of drug-likeness (QED) is 0.237. The fourth-order valence-corrected chi connectivity index (χ4v) is 6.60. The zero-order chi connectivity index (χ0) is 30.5. The normalized spacial score (nSPS) is 16.6. The van der Waals surface area contributed by atoms with E-state index in [-0.39, 0.29) is 18.0 Å². The number of benzene rings is 3. The number of carbonyl (C=O) groups is 1. The average molecular weight is 581 g/mol. The van der Waals surface area contributed by atoms with Crippen molar-refractivity contribution in [1.82, 2.24) is 30.1 Å². The first-order valence-electron chi connectivity index (χ1n) is 14.9. The van der Waals surface area contributed by atoms with Crippen LogP contribution >= 0.6 is 0 Å².